The number of amides is 3. The minimum Gasteiger partial charge on any atom is -0.465 e. The van der Waals surface area contributed by atoms with Gasteiger partial charge in [0, 0.05) is 11.1 Å². The second-order valence-corrected chi connectivity index (χ2v) is 5.94. The van der Waals surface area contributed by atoms with Gasteiger partial charge in [0.2, 0.25) is 5.91 Å². The Kier molecular flexibility index (Phi) is 4.75. The first-order chi connectivity index (χ1) is 12.8. The van der Waals surface area contributed by atoms with Crippen molar-refractivity contribution < 1.29 is 19.5 Å². The lowest BCUT2D eigenvalue weighted by atomic mass is 10.2. The van der Waals surface area contributed by atoms with Crippen LogP contribution in [0.15, 0.2) is 48.7 Å². The van der Waals surface area contributed by atoms with Crippen LogP contribution in [-0.2, 0) is 9.59 Å². The molecule has 0 saturated carbocycles. The van der Waals surface area contributed by atoms with Gasteiger partial charge < -0.3 is 21.5 Å². The van der Waals surface area contributed by atoms with Crippen molar-refractivity contribution in [2.45, 2.75) is 13.0 Å². The number of hydrogen-bond acceptors (Lipinski definition) is 4. The van der Waals surface area contributed by atoms with E-state index in [-0.39, 0.29) is 0 Å². The highest BCUT2D eigenvalue weighted by molar-refractivity contribution is 6.11. The largest absolute Gasteiger partial charge is 0.465 e. The molecule has 9 heteroatoms. The number of benzene rings is 2. The van der Waals surface area contributed by atoms with Gasteiger partial charge in [0.15, 0.2) is 6.04 Å². The minimum absolute atomic E-state index is 0.375. The number of primary amides is 1. The fourth-order valence-corrected chi connectivity index (χ4v) is 2.67. The molecule has 138 valence electrons. The molecule has 0 aliphatic rings. The molecule has 0 aliphatic carbocycles. The topological polar surface area (TPSA) is 139 Å². The highest BCUT2D eigenvalue weighted by Crippen LogP contribution is 2.22. The average molecular weight is 367 g/mol. The van der Waals surface area contributed by atoms with E-state index in [1.165, 1.54) is 0 Å². The summed E-state index contributed by atoms with van der Waals surface area (Å²) < 4.78 is 1.72. The third-order valence-corrected chi connectivity index (χ3v) is 3.90. The molecule has 0 fully saturated rings. The number of aromatic nitrogens is 2. The molecule has 1 atom stereocenters. The van der Waals surface area contributed by atoms with Crippen molar-refractivity contribution in [3.8, 4) is 5.69 Å². The van der Waals surface area contributed by atoms with Gasteiger partial charge in [-0.2, -0.15) is 5.10 Å². The summed E-state index contributed by atoms with van der Waals surface area (Å²) in [5.41, 5.74) is 8.13. The molecule has 5 N–H and O–H groups in total. The number of carboxylic acid groups (broad SMARTS) is 1. The third kappa shape index (κ3) is 3.87. The number of aryl methyl sites for hydroxylation is 1. The zero-order valence-corrected chi connectivity index (χ0v) is 14.3. The minimum atomic E-state index is -1.69. The summed E-state index contributed by atoms with van der Waals surface area (Å²) in [6.45, 7) is 1.97. The van der Waals surface area contributed by atoms with Crippen LogP contribution < -0.4 is 16.4 Å². The van der Waals surface area contributed by atoms with Gasteiger partial charge in [-0.15, -0.1) is 0 Å². The number of carbonyl (C=O) groups is 3. The monoisotopic (exact) mass is 367 g/mol. The molecule has 0 spiro atoms. The molecular formula is C18H17N5O4. The van der Waals surface area contributed by atoms with Crippen LogP contribution in [0.3, 0.4) is 0 Å². The van der Waals surface area contributed by atoms with Gasteiger partial charge in [-0.1, -0.05) is 12.1 Å². The summed E-state index contributed by atoms with van der Waals surface area (Å²) in [6.07, 6.45) is 0.170. The van der Waals surface area contributed by atoms with E-state index < -0.39 is 23.9 Å². The van der Waals surface area contributed by atoms with Crippen LogP contribution in [0.5, 0.6) is 0 Å². The number of hydrogen-bond donors (Lipinski definition) is 4. The Labute approximate surface area is 153 Å². The highest BCUT2D eigenvalue weighted by atomic mass is 16.4. The van der Waals surface area contributed by atoms with Crippen LogP contribution in [0, 0.1) is 6.92 Å². The standard InChI is InChI=1S/C18H17N5O4/c1-10-3-2-4-13(7-10)23-14-8-12(6-5-11(14)9-20-23)21-17(25)15(16(19)24)22-18(26)27/h2-9,15,22H,1H3,(H2,19,24)(H,21,25)(H,26,27). The van der Waals surface area contributed by atoms with Crippen molar-refractivity contribution in [1.29, 1.82) is 0 Å². The molecule has 0 saturated heterocycles. The maximum Gasteiger partial charge on any atom is 0.405 e. The number of fused-ring (bicyclic) bond motifs is 1. The van der Waals surface area contributed by atoms with E-state index in [1.807, 2.05) is 31.2 Å². The van der Waals surface area contributed by atoms with E-state index in [1.54, 1.807) is 34.4 Å². The van der Waals surface area contributed by atoms with E-state index >= 15 is 0 Å². The predicted octanol–water partition coefficient (Wildman–Crippen LogP) is 1.39. The summed E-state index contributed by atoms with van der Waals surface area (Å²) in [6, 6.07) is 11.1. The molecule has 3 amide bonds. The van der Waals surface area contributed by atoms with Gasteiger partial charge in [0.1, 0.15) is 0 Å². The lowest BCUT2D eigenvalue weighted by molar-refractivity contribution is -0.127. The van der Waals surface area contributed by atoms with Crippen molar-refractivity contribution in [3.05, 3.63) is 54.2 Å². The van der Waals surface area contributed by atoms with Crippen LogP contribution in [0.25, 0.3) is 16.6 Å². The first-order valence-corrected chi connectivity index (χ1v) is 7.99. The molecule has 0 aliphatic heterocycles. The molecule has 2 aromatic carbocycles. The van der Waals surface area contributed by atoms with E-state index in [9.17, 15) is 14.4 Å². The zero-order valence-electron chi connectivity index (χ0n) is 14.3. The number of anilines is 1. The van der Waals surface area contributed by atoms with Crippen molar-refractivity contribution in [1.82, 2.24) is 15.1 Å². The normalized spacial score (nSPS) is 11.7. The quantitative estimate of drug-likeness (QED) is 0.505. The summed E-state index contributed by atoms with van der Waals surface area (Å²) in [7, 11) is 0. The second-order valence-electron chi connectivity index (χ2n) is 5.94. The number of nitrogens with one attached hydrogen (secondary N) is 2. The van der Waals surface area contributed by atoms with E-state index in [0.29, 0.717) is 5.69 Å². The smallest absolute Gasteiger partial charge is 0.405 e. The predicted molar refractivity (Wildman–Crippen MR) is 98.6 cm³/mol. The Morgan fingerprint density at radius 1 is 1.19 bits per heavy atom. The third-order valence-electron chi connectivity index (χ3n) is 3.90. The average Bonchev–Trinajstić information content (AvgIpc) is 3.02. The molecule has 3 rings (SSSR count). The van der Waals surface area contributed by atoms with Gasteiger partial charge in [-0.25, -0.2) is 9.48 Å². The SMILES string of the molecule is Cc1cccc(-n2ncc3ccc(NC(=O)C(NC(=O)O)C(N)=O)cc32)c1. The van der Waals surface area contributed by atoms with Crippen LogP contribution in [0.1, 0.15) is 5.56 Å². The Morgan fingerprint density at radius 2 is 1.96 bits per heavy atom. The fourth-order valence-electron chi connectivity index (χ4n) is 2.67. The van der Waals surface area contributed by atoms with E-state index in [2.05, 4.69) is 10.4 Å². The van der Waals surface area contributed by atoms with Crippen molar-refractivity contribution in [2.75, 3.05) is 5.32 Å². The number of carbonyl (C=O) groups excluding carboxylic acids is 2. The fraction of sp³-hybridized carbons (Fsp3) is 0.111. The number of rotatable bonds is 5. The van der Waals surface area contributed by atoms with E-state index in [4.69, 9.17) is 10.8 Å². The van der Waals surface area contributed by atoms with Crippen molar-refractivity contribution in [3.63, 3.8) is 0 Å². The zero-order chi connectivity index (χ0) is 19.6. The first-order valence-electron chi connectivity index (χ1n) is 7.99. The van der Waals surface area contributed by atoms with Gasteiger partial charge in [-0.3, -0.25) is 9.59 Å². The summed E-state index contributed by atoms with van der Waals surface area (Å²) in [4.78, 5) is 34.3. The van der Waals surface area contributed by atoms with Crippen LogP contribution in [-0.4, -0.2) is 38.8 Å². The molecule has 0 radical (unpaired) electrons. The van der Waals surface area contributed by atoms with Crippen molar-refractivity contribution in [2.24, 2.45) is 5.73 Å². The highest BCUT2D eigenvalue weighted by Gasteiger charge is 2.26. The summed E-state index contributed by atoms with van der Waals surface area (Å²) in [5, 5.41) is 18.2. The maximum absolute atomic E-state index is 12.2. The Hall–Kier alpha value is -3.88. The van der Waals surface area contributed by atoms with Gasteiger partial charge in [-0.05, 0) is 42.8 Å². The van der Waals surface area contributed by atoms with Crippen LogP contribution in [0.4, 0.5) is 10.5 Å². The molecule has 1 heterocycles. The molecule has 0 bridgehead atoms. The van der Waals surface area contributed by atoms with Gasteiger partial charge in [0.05, 0.1) is 17.4 Å². The Morgan fingerprint density at radius 3 is 2.63 bits per heavy atom. The lowest BCUT2D eigenvalue weighted by Crippen LogP contribution is -2.51. The molecule has 1 aromatic heterocycles. The van der Waals surface area contributed by atoms with E-state index in [0.717, 1.165) is 22.2 Å². The van der Waals surface area contributed by atoms with Crippen LogP contribution in [0.2, 0.25) is 0 Å². The Balaban J connectivity index is 1.92. The molecule has 9 nitrogen and oxygen atoms in total. The van der Waals surface area contributed by atoms with Crippen molar-refractivity contribution >= 4 is 34.5 Å². The summed E-state index contributed by atoms with van der Waals surface area (Å²) >= 11 is 0. The first kappa shape index (κ1) is 17.9. The lowest BCUT2D eigenvalue weighted by Gasteiger charge is -2.13. The Bertz CT molecular complexity index is 1040. The number of nitrogens with zero attached hydrogens (tertiary/aromatic N) is 2. The van der Waals surface area contributed by atoms with Crippen LogP contribution >= 0.6 is 0 Å². The number of nitrogens with two attached hydrogens (primary N) is 1. The molecule has 1 unspecified atom stereocenters. The second kappa shape index (κ2) is 7.16. The van der Waals surface area contributed by atoms with Gasteiger partial charge >= 0.3 is 6.09 Å². The maximum atomic E-state index is 12.2. The molecule has 3 aromatic rings. The molecule has 27 heavy (non-hydrogen) atoms. The van der Waals surface area contributed by atoms with Gasteiger partial charge in [0.25, 0.3) is 5.91 Å². The molecular weight excluding hydrogens is 350 g/mol. The summed E-state index contributed by atoms with van der Waals surface area (Å²) in [5.74, 6) is -1.97.